The first kappa shape index (κ1) is 17.1. The summed E-state index contributed by atoms with van der Waals surface area (Å²) in [5, 5.41) is 13.5. The molecule has 2 rings (SSSR count). The number of halogens is 2. The first-order valence-corrected chi connectivity index (χ1v) is 7.81. The van der Waals surface area contributed by atoms with Crippen molar-refractivity contribution in [2.75, 3.05) is 20.3 Å². The highest BCUT2D eigenvalue weighted by molar-refractivity contribution is 6.42. The normalized spacial score (nSPS) is 12.2. The highest BCUT2D eigenvalue weighted by Crippen LogP contribution is 2.26. The van der Waals surface area contributed by atoms with E-state index in [0.29, 0.717) is 16.6 Å². The molecule has 22 heavy (non-hydrogen) atoms. The molecule has 0 saturated heterocycles. The van der Waals surface area contributed by atoms with Gasteiger partial charge in [0.2, 0.25) is 0 Å². The van der Waals surface area contributed by atoms with Crippen LogP contribution >= 0.6 is 23.2 Å². The number of aliphatic hydroxyl groups excluding tert-OH is 1. The molecular weight excluding hydrogens is 321 g/mol. The first-order chi connectivity index (χ1) is 10.6. The van der Waals surface area contributed by atoms with Crippen molar-refractivity contribution in [1.29, 1.82) is 0 Å². The second-order valence-corrected chi connectivity index (χ2v) is 5.77. The molecule has 3 nitrogen and oxygen atoms in total. The molecule has 2 N–H and O–H groups in total. The van der Waals surface area contributed by atoms with Gasteiger partial charge >= 0.3 is 0 Å². The van der Waals surface area contributed by atoms with E-state index in [-0.39, 0.29) is 12.6 Å². The summed E-state index contributed by atoms with van der Waals surface area (Å²) < 4.78 is 5.18. The third kappa shape index (κ3) is 4.62. The second kappa shape index (κ2) is 8.39. The number of benzene rings is 2. The van der Waals surface area contributed by atoms with E-state index in [1.165, 1.54) is 0 Å². The molecule has 0 bridgehead atoms. The third-order valence-electron chi connectivity index (χ3n) is 3.44. The van der Waals surface area contributed by atoms with Crippen molar-refractivity contribution >= 4 is 23.2 Å². The van der Waals surface area contributed by atoms with Gasteiger partial charge in [-0.2, -0.15) is 0 Å². The Bertz CT molecular complexity index is 602. The molecular formula is C17H19Cl2NO2. The van der Waals surface area contributed by atoms with E-state index < -0.39 is 0 Å². The van der Waals surface area contributed by atoms with Gasteiger partial charge in [-0.05, 0) is 41.8 Å². The molecule has 1 atom stereocenters. The topological polar surface area (TPSA) is 41.5 Å². The molecule has 0 heterocycles. The van der Waals surface area contributed by atoms with E-state index in [4.69, 9.17) is 33.0 Å². The predicted molar refractivity (Wildman–Crippen MR) is 91.0 cm³/mol. The van der Waals surface area contributed by atoms with E-state index in [1.54, 1.807) is 13.2 Å². The number of nitrogens with one attached hydrogen (secondary N) is 1. The molecule has 0 fully saturated rings. The van der Waals surface area contributed by atoms with Gasteiger partial charge in [-0.3, -0.25) is 0 Å². The number of rotatable bonds is 7. The summed E-state index contributed by atoms with van der Waals surface area (Å²) in [5.41, 5.74) is 2.21. The first-order valence-electron chi connectivity index (χ1n) is 7.06. The minimum Gasteiger partial charge on any atom is -0.497 e. The van der Waals surface area contributed by atoms with E-state index in [0.717, 1.165) is 23.3 Å². The van der Waals surface area contributed by atoms with Crippen LogP contribution in [-0.2, 0) is 6.42 Å². The molecule has 0 radical (unpaired) electrons. The molecule has 0 saturated carbocycles. The van der Waals surface area contributed by atoms with Gasteiger partial charge in [-0.1, -0.05) is 41.4 Å². The summed E-state index contributed by atoms with van der Waals surface area (Å²) in [5.74, 6) is 0.819. The second-order valence-electron chi connectivity index (χ2n) is 4.96. The van der Waals surface area contributed by atoms with Gasteiger partial charge in [0.25, 0.3) is 0 Å². The Labute approximate surface area is 140 Å². The zero-order chi connectivity index (χ0) is 15.9. The van der Waals surface area contributed by atoms with Crippen LogP contribution in [0.5, 0.6) is 5.75 Å². The minimum absolute atomic E-state index is 0.0790. The van der Waals surface area contributed by atoms with Crippen LogP contribution in [0.4, 0.5) is 0 Å². The predicted octanol–water partition coefficient (Wildman–Crippen LogP) is 3.87. The maximum atomic E-state index is 9.07. The highest BCUT2D eigenvalue weighted by Gasteiger charge is 2.13. The zero-order valence-corrected chi connectivity index (χ0v) is 13.9. The smallest absolute Gasteiger partial charge is 0.118 e. The van der Waals surface area contributed by atoms with Crippen LogP contribution in [-0.4, -0.2) is 25.4 Å². The molecule has 0 aromatic heterocycles. The fraction of sp³-hybridized carbons (Fsp3) is 0.294. The standard InChI is InChI=1S/C17H19Cl2NO2/c1-22-14-5-3-13(4-6-14)17(20-8-9-21)11-12-2-7-15(18)16(19)10-12/h2-7,10,17,20-21H,8-9,11H2,1H3/t17-/m0/s1. The molecule has 0 aliphatic carbocycles. The molecule has 0 aliphatic heterocycles. The maximum Gasteiger partial charge on any atom is 0.118 e. The van der Waals surface area contributed by atoms with Gasteiger partial charge in [-0.15, -0.1) is 0 Å². The van der Waals surface area contributed by atoms with Gasteiger partial charge < -0.3 is 15.2 Å². The van der Waals surface area contributed by atoms with Crippen molar-refractivity contribution in [3.8, 4) is 5.75 Å². The Kier molecular flexibility index (Phi) is 6.52. The average molecular weight is 340 g/mol. The van der Waals surface area contributed by atoms with Gasteiger partial charge in [0.15, 0.2) is 0 Å². The van der Waals surface area contributed by atoms with Crippen LogP contribution in [0.3, 0.4) is 0 Å². The van der Waals surface area contributed by atoms with Crippen molar-refractivity contribution in [3.63, 3.8) is 0 Å². The number of methoxy groups -OCH3 is 1. The monoisotopic (exact) mass is 339 g/mol. The van der Waals surface area contributed by atoms with Gasteiger partial charge in [-0.25, -0.2) is 0 Å². The fourth-order valence-electron chi connectivity index (χ4n) is 2.29. The Hall–Kier alpha value is -1.26. The average Bonchev–Trinajstić information content (AvgIpc) is 2.55. The summed E-state index contributed by atoms with van der Waals surface area (Å²) in [6.07, 6.45) is 0.753. The lowest BCUT2D eigenvalue weighted by atomic mass is 9.98. The zero-order valence-electron chi connectivity index (χ0n) is 12.4. The minimum atomic E-state index is 0.0790. The lowest BCUT2D eigenvalue weighted by Gasteiger charge is -2.19. The summed E-state index contributed by atoms with van der Waals surface area (Å²) >= 11 is 12.0. The molecule has 2 aromatic rings. The highest BCUT2D eigenvalue weighted by atomic mass is 35.5. The van der Waals surface area contributed by atoms with Crippen molar-refractivity contribution < 1.29 is 9.84 Å². The molecule has 2 aromatic carbocycles. The van der Waals surface area contributed by atoms with Crippen LogP contribution in [0.2, 0.25) is 10.0 Å². The summed E-state index contributed by atoms with van der Waals surface area (Å²) in [6.45, 7) is 0.617. The number of hydrogen-bond donors (Lipinski definition) is 2. The third-order valence-corrected chi connectivity index (χ3v) is 4.18. The molecule has 118 valence electrons. The molecule has 5 heteroatoms. The van der Waals surface area contributed by atoms with Crippen molar-refractivity contribution in [2.24, 2.45) is 0 Å². The lowest BCUT2D eigenvalue weighted by Crippen LogP contribution is -2.26. The number of hydrogen-bond acceptors (Lipinski definition) is 3. The van der Waals surface area contributed by atoms with Crippen LogP contribution in [0.25, 0.3) is 0 Å². The van der Waals surface area contributed by atoms with Crippen molar-refractivity contribution in [2.45, 2.75) is 12.5 Å². The van der Waals surface area contributed by atoms with E-state index >= 15 is 0 Å². The Balaban J connectivity index is 2.18. The molecule has 0 spiro atoms. The number of aliphatic hydroxyl groups is 1. The Morgan fingerprint density at radius 1 is 1.09 bits per heavy atom. The fourth-order valence-corrected chi connectivity index (χ4v) is 2.61. The van der Waals surface area contributed by atoms with Crippen LogP contribution < -0.4 is 10.1 Å². The largest absolute Gasteiger partial charge is 0.497 e. The SMILES string of the molecule is COc1ccc([C@H](Cc2ccc(Cl)c(Cl)c2)NCCO)cc1. The summed E-state index contributed by atoms with van der Waals surface area (Å²) in [6, 6.07) is 13.6. The lowest BCUT2D eigenvalue weighted by molar-refractivity contribution is 0.284. The molecule has 0 unspecified atom stereocenters. The van der Waals surface area contributed by atoms with Gasteiger partial charge in [0, 0.05) is 12.6 Å². The molecule has 0 amide bonds. The van der Waals surface area contributed by atoms with Crippen LogP contribution in [0, 0.1) is 0 Å². The Morgan fingerprint density at radius 2 is 1.82 bits per heavy atom. The van der Waals surface area contributed by atoms with Crippen LogP contribution in [0.1, 0.15) is 17.2 Å². The summed E-state index contributed by atoms with van der Waals surface area (Å²) in [7, 11) is 1.65. The van der Waals surface area contributed by atoms with E-state index in [9.17, 15) is 0 Å². The summed E-state index contributed by atoms with van der Waals surface area (Å²) in [4.78, 5) is 0. The molecule has 0 aliphatic rings. The quantitative estimate of drug-likeness (QED) is 0.804. The van der Waals surface area contributed by atoms with Crippen molar-refractivity contribution in [1.82, 2.24) is 5.32 Å². The maximum absolute atomic E-state index is 9.07. The van der Waals surface area contributed by atoms with E-state index in [1.807, 2.05) is 36.4 Å². The Morgan fingerprint density at radius 3 is 2.41 bits per heavy atom. The van der Waals surface area contributed by atoms with Crippen molar-refractivity contribution in [3.05, 3.63) is 63.6 Å². The van der Waals surface area contributed by atoms with Crippen LogP contribution in [0.15, 0.2) is 42.5 Å². The van der Waals surface area contributed by atoms with Gasteiger partial charge in [0.05, 0.1) is 23.8 Å². The van der Waals surface area contributed by atoms with E-state index in [2.05, 4.69) is 5.32 Å². The number of ether oxygens (including phenoxy) is 1. The van der Waals surface area contributed by atoms with Gasteiger partial charge in [0.1, 0.15) is 5.75 Å².